The molecule has 0 atom stereocenters. The average Bonchev–Trinajstić information content (AvgIpc) is 2.61. The van der Waals surface area contributed by atoms with Crippen LogP contribution in [0.15, 0.2) is 45.9 Å². The molecule has 0 unspecified atom stereocenters. The molecule has 1 aliphatic carbocycles. The molecule has 0 aliphatic heterocycles. The molecule has 2 N–H and O–H groups in total. The molecule has 1 rings (SSSR count). The molecule has 156 valence electrons. The van der Waals surface area contributed by atoms with Crippen molar-refractivity contribution in [3.63, 3.8) is 0 Å². The number of hydrogen-bond donors (Lipinski definition) is 2. The van der Waals surface area contributed by atoms with Crippen LogP contribution in [0.2, 0.25) is 0 Å². The van der Waals surface area contributed by atoms with Crippen LogP contribution in [0.25, 0.3) is 0 Å². The first-order valence-electron chi connectivity index (χ1n) is 10.5. The van der Waals surface area contributed by atoms with Crippen molar-refractivity contribution in [2.75, 3.05) is 0 Å². The van der Waals surface area contributed by atoms with E-state index in [4.69, 9.17) is 0 Å². The van der Waals surface area contributed by atoms with Crippen LogP contribution in [0, 0.1) is 0 Å². The number of unbranched alkanes of at least 4 members (excludes halogenated alkanes) is 2. The maximum atomic E-state index is 12.7. The Morgan fingerprint density at radius 1 is 1.04 bits per heavy atom. The van der Waals surface area contributed by atoms with Gasteiger partial charge in [-0.25, -0.2) is 0 Å². The monoisotopic (exact) mass is 387 g/mol. The molecule has 0 aromatic rings. The van der Waals surface area contributed by atoms with Gasteiger partial charge in [-0.05, 0) is 66.7 Å². The zero-order valence-corrected chi connectivity index (χ0v) is 18.4. The second-order valence-electron chi connectivity index (χ2n) is 8.17. The highest BCUT2D eigenvalue weighted by atomic mass is 16.3. The molecule has 0 spiro atoms. The SMILES string of the molecule is CCCCCC1=C(NC(C)C)C(O)=C(C/C=C(\C)CCC=C(C)C)C(=O)C1=O. The Balaban J connectivity index is 3.11. The molecule has 0 fully saturated rings. The molecule has 0 saturated carbocycles. The van der Waals surface area contributed by atoms with Gasteiger partial charge in [-0.1, -0.05) is 43.1 Å². The highest BCUT2D eigenvalue weighted by Crippen LogP contribution is 2.29. The minimum absolute atomic E-state index is 0.0573. The Kier molecular flexibility index (Phi) is 9.98. The maximum Gasteiger partial charge on any atom is 0.233 e. The number of aliphatic hydroxyl groups is 1. The van der Waals surface area contributed by atoms with E-state index in [1.54, 1.807) is 0 Å². The summed E-state index contributed by atoms with van der Waals surface area (Å²) in [6, 6.07) is 0.0573. The van der Waals surface area contributed by atoms with E-state index in [1.165, 1.54) is 5.57 Å². The van der Waals surface area contributed by atoms with Crippen LogP contribution in [0.4, 0.5) is 0 Å². The molecule has 0 radical (unpaired) electrons. The van der Waals surface area contributed by atoms with Gasteiger partial charge in [0, 0.05) is 11.6 Å². The normalized spacial score (nSPS) is 15.6. The van der Waals surface area contributed by atoms with E-state index >= 15 is 0 Å². The predicted molar refractivity (Wildman–Crippen MR) is 116 cm³/mol. The van der Waals surface area contributed by atoms with E-state index < -0.39 is 11.6 Å². The van der Waals surface area contributed by atoms with Gasteiger partial charge in [-0.2, -0.15) is 0 Å². The first-order valence-corrected chi connectivity index (χ1v) is 10.5. The van der Waals surface area contributed by atoms with Gasteiger partial charge >= 0.3 is 0 Å². The first kappa shape index (κ1) is 23.9. The van der Waals surface area contributed by atoms with E-state index in [2.05, 4.69) is 32.2 Å². The Hall–Kier alpha value is -2.10. The van der Waals surface area contributed by atoms with Gasteiger partial charge in [-0.3, -0.25) is 9.59 Å². The predicted octanol–water partition coefficient (Wildman–Crippen LogP) is 5.87. The Bertz CT molecular complexity index is 701. The van der Waals surface area contributed by atoms with E-state index in [0.717, 1.165) is 37.7 Å². The van der Waals surface area contributed by atoms with Crippen molar-refractivity contribution in [1.29, 1.82) is 0 Å². The zero-order chi connectivity index (χ0) is 21.3. The van der Waals surface area contributed by atoms with Gasteiger partial charge in [0.15, 0.2) is 0 Å². The lowest BCUT2D eigenvalue weighted by Crippen LogP contribution is -2.34. The molecule has 0 aromatic heterocycles. The lowest BCUT2D eigenvalue weighted by atomic mass is 9.86. The van der Waals surface area contributed by atoms with Crippen LogP contribution in [0.5, 0.6) is 0 Å². The van der Waals surface area contributed by atoms with Crippen LogP contribution in [-0.4, -0.2) is 22.7 Å². The standard InChI is InChI=1S/C24H37NO3/c1-7-8-9-13-19-21(25-17(4)5)22(26)20(24(28)23(19)27)15-14-18(6)12-10-11-16(2)3/h11,14,17,25-26H,7-10,12-13,15H2,1-6H3/b18-14+. The molecule has 0 bridgehead atoms. The number of Topliss-reactive ketones (excluding diaryl/α,β-unsaturated/α-hetero) is 2. The minimum Gasteiger partial charge on any atom is -0.505 e. The van der Waals surface area contributed by atoms with Gasteiger partial charge in [0.1, 0.15) is 5.76 Å². The van der Waals surface area contributed by atoms with Crippen molar-refractivity contribution in [2.24, 2.45) is 0 Å². The summed E-state index contributed by atoms with van der Waals surface area (Å²) in [5.74, 6) is -1.09. The van der Waals surface area contributed by atoms with Gasteiger partial charge in [0.05, 0.1) is 11.3 Å². The third-order valence-corrected chi connectivity index (χ3v) is 4.79. The smallest absolute Gasteiger partial charge is 0.233 e. The van der Waals surface area contributed by atoms with Crippen molar-refractivity contribution in [2.45, 2.75) is 92.5 Å². The summed E-state index contributed by atoms with van der Waals surface area (Å²) in [6.07, 6.45) is 9.63. The van der Waals surface area contributed by atoms with Crippen LogP contribution in [0.3, 0.4) is 0 Å². The highest BCUT2D eigenvalue weighted by molar-refractivity contribution is 6.50. The molecule has 0 saturated heterocycles. The molecule has 0 heterocycles. The van der Waals surface area contributed by atoms with Crippen molar-refractivity contribution in [1.82, 2.24) is 5.32 Å². The molecular weight excluding hydrogens is 350 g/mol. The number of rotatable bonds is 11. The number of allylic oxidation sites excluding steroid dienone is 6. The lowest BCUT2D eigenvalue weighted by molar-refractivity contribution is -0.132. The summed E-state index contributed by atoms with van der Waals surface area (Å²) < 4.78 is 0. The summed E-state index contributed by atoms with van der Waals surface area (Å²) in [5, 5.41) is 14.0. The van der Waals surface area contributed by atoms with Gasteiger partial charge in [-0.15, -0.1) is 0 Å². The summed E-state index contributed by atoms with van der Waals surface area (Å²) in [7, 11) is 0. The molecule has 4 nitrogen and oxygen atoms in total. The Morgan fingerprint density at radius 2 is 1.68 bits per heavy atom. The number of nitrogens with one attached hydrogen (secondary N) is 1. The summed E-state index contributed by atoms with van der Waals surface area (Å²) in [6.45, 7) is 12.2. The largest absolute Gasteiger partial charge is 0.505 e. The number of ketones is 2. The Labute approximate surface area is 170 Å². The van der Waals surface area contributed by atoms with Gasteiger partial charge < -0.3 is 10.4 Å². The van der Waals surface area contributed by atoms with E-state index in [-0.39, 0.29) is 23.8 Å². The third kappa shape index (κ3) is 7.14. The van der Waals surface area contributed by atoms with E-state index in [1.807, 2.05) is 26.8 Å². The molecular formula is C24H37NO3. The molecule has 0 amide bonds. The summed E-state index contributed by atoms with van der Waals surface area (Å²) in [4.78, 5) is 25.4. The lowest BCUT2D eigenvalue weighted by Gasteiger charge is -2.24. The molecule has 28 heavy (non-hydrogen) atoms. The van der Waals surface area contributed by atoms with Crippen LogP contribution in [-0.2, 0) is 9.59 Å². The van der Waals surface area contributed by atoms with E-state index in [0.29, 0.717) is 17.7 Å². The number of aliphatic hydroxyl groups excluding tert-OH is 1. The maximum absolute atomic E-state index is 12.7. The fourth-order valence-corrected chi connectivity index (χ4v) is 3.18. The number of hydrogen-bond acceptors (Lipinski definition) is 4. The average molecular weight is 388 g/mol. The zero-order valence-electron chi connectivity index (χ0n) is 18.4. The Morgan fingerprint density at radius 3 is 2.25 bits per heavy atom. The summed E-state index contributed by atoms with van der Waals surface area (Å²) in [5.41, 5.74) is 3.51. The van der Waals surface area contributed by atoms with Crippen LogP contribution >= 0.6 is 0 Å². The second-order valence-corrected chi connectivity index (χ2v) is 8.17. The van der Waals surface area contributed by atoms with Gasteiger partial charge in [0.25, 0.3) is 0 Å². The quantitative estimate of drug-likeness (QED) is 0.201. The van der Waals surface area contributed by atoms with E-state index in [9.17, 15) is 14.7 Å². The highest BCUT2D eigenvalue weighted by Gasteiger charge is 2.34. The minimum atomic E-state index is -0.563. The topological polar surface area (TPSA) is 66.4 Å². The number of carbonyl (C=O) groups excluding carboxylic acids is 2. The molecule has 1 aliphatic rings. The van der Waals surface area contributed by atoms with Crippen LogP contribution < -0.4 is 5.32 Å². The summed E-state index contributed by atoms with van der Waals surface area (Å²) >= 11 is 0. The van der Waals surface area contributed by atoms with Crippen molar-refractivity contribution >= 4 is 11.6 Å². The van der Waals surface area contributed by atoms with Crippen molar-refractivity contribution in [3.8, 4) is 0 Å². The fourth-order valence-electron chi connectivity index (χ4n) is 3.18. The first-order chi connectivity index (χ1) is 13.2. The van der Waals surface area contributed by atoms with Crippen molar-refractivity contribution in [3.05, 3.63) is 45.9 Å². The van der Waals surface area contributed by atoms with Crippen LogP contribution in [0.1, 0.15) is 86.5 Å². The second kappa shape index (κ2) is 11.7. The molecule has 0 aromatic carbocycles. The third-order valence-electron chi connectivity index (χ3n) is 4.79. The van der Waals surface area contributed by atoms with Crippen molar-refractivity contribution < 1.29 is 14.7 Å². The molecule has 4 heteroatoms. The fraction of sp³-hybridized carbons (Fsp3) is 0.583. The van der Waals surface area contributed by atoms with Gasteiger partial charge in [0.2, 0.25) is 11.6 Å². The number of carbonyl (C=O) groups is 2.